The lowest BCUT2D eigenvalue weighted by Crippen LogP contribution is -2.12. The summed E-state index contributed by atoms with van der Waals surface area (Å²) in [5.74, 6) is -0.980. The number of Topliss-reactive ketones (excluding diaryl/α,β-unsaturated/α-hetero) is 1. The quantitative estimate of drug-likeness (QED) is 0.467. The van der Waals surface area contributed by atoms with Gasteiger partial charge in [0.2, 0.25) is 0 Å². The van der Waals surface area contributed by atoms with E-state index in [4.69, 9.17) is 10.8 Å². The third-order valence-corrected chi connectivity index (χ3v) is 1.63. The van der Waals surface area contributed by atoms with Crippen molar-refractivity contribution < 1.29 is 9.59 Å². The molecule has 0 radical (unpaired) electrons. The molecular weight excluding hydrogens is 170 g/mol. The first-order chi connectivity index (χ1) is 6.29. The van der Waals surface area contributed by atoms with Crippen molar-refractivity contribution in [1.29, 1.82) is 10.8 Å². The number of carbonyl (C=O) groups excluding carboxylic acids is 2. The highest BCUT2D eigenvalue weighted by atomic mass is 16.2. The Morgan fingerprint density at radius 3 is 2.31 bits per heavy atom. The smallest absolute Gasteiger partial charge is 0.296 e. The van der Waals surface area contributed by atoms with Crippen LogP contribution in [0.3, 0.4) is 0 Å². The van der Waals surface area contributed by atoms with Crippen LogP contribution in [0.15, 0.2) is 24.3 Å². The number of hydrogen-bond acceptors (Lipinski definition) is 4. The molecule has 5 nitrogen and oxygen atoms in total. The van der Waals surface area contributed by atoms with Gasteiger partial charge in [-0.1, -0.05) is 12.1 Å². The molecule has 64 valence electrons. The number of amides is 1. The minimum Gasteiger partial charge on any atom is -0.318 e. The SMILES string of the molecule is N#N.O=C1Nc2ccccc2C1=O. The van der Waals surface area contributed by atoms with Crippen molar-refractivity contribution in [3.8, 4) is 0 Å². The second-order valence-corrected chi connectivity index (χ2v) is 2.33. The van der Waals surface area contributed by atoms with Gasteiger partial charge >= 0.3 is 0 Å². The van der Waals surface area contributed by atoms with Gasteiger partial charge in [0, 0.05) is 10.8 Å². The zero-order valence-electron chi connectivity index (χ0n) is 6.52. The first-order valence-corrected chi connectivity index (χ1v) is 3.44. The fourth-order valence-electron chi connectivity index (χ4n) is 1.09. The van der Waals surface area contributed by atoms with Crippen LogP contribution in [0.4, 0.5) is 5.69 Å². The van der Waals surface area contributed by atoms with Crippen LogP contribution in [0.2, 0.25) is 0 Å². The van der Waals surface area contributed by atoms with Crippen LogP contribution in [0.1, 0.15) is 10.4 Å². The number of benzene rings is 1. The average Bonchev–Trinajstić information content (AvgIpc) is 2.47. The lowest BCUT2D eigenvalue weighted by atomic mass is 10.1. The second kappa shape index (κ2) is 3.45. The maximum atomic E-state index is 11.0. The van der Waals surface area contributed by atoms with Gasteiger partial charge in [0.25, 0.3) is 11.7 Å². The molecule has 0 atom stereocenters. The minimum absolute atomic E-state index is 0.444. The van der Waals surface area contributed by atoms with E-state index in [0.717, 1.165) is 0 Å². The van der Waals surface area contributed by atoms with Gasteiger partial charge in [0.1, 0.15) is 0 Å². The molecule has 0 fully saturated rings. The number of anilines is 1. The molecule has 1 N–H and O–H groups in total. The van der Waals surface area contributed by atoms with Crippen LogP contribution in [0, 0.1) is 10.8 Å². The zero-order valence-corrected chi connectivity index (χ0v) is 6.52. The number of fused-ring (bicyclic) bond motifs is 1. The maximum absolute atomic E-state index is 11.0. The van der Waals surface area contributed by atoms with E-state index >= 15 is 0 Å². The summed E-state index contributed by atoms with van der Waals surface area (Å²) in [6, 6.07) is 6.85. The van der Waals surface area contributed by atoms with Crippen LogP contribution in [-0.4, -0.2) is 11.7 Å². The van der Waals surface area contributed by atoms with Crippen molar-refractivity contribution in [3.05, 3.63) is 29.8 Å². The highest BCUT2D eigenvalue weighted by Gasteiger charge is 2.26. The minimum atomic E-state index is -0.536. The van der Waals surface area contributed by atoms with E-state index in [2.05, 4.69) is 5.32 Å². The van der Waals surface area contributed by atoms with Crippen molar-refractivity contribution in [1.82, 2.24) is 0 Å². The van der Waals surface area contributed by atoms with Gasteiger partial charge in [-0.25, -0.2) is 0 Å². The zero-order chi connectivity index (χ0) is 9.84. The van der Waals surface area contributed by atoms with Gasteiger partial charge in [-0.3, -0.25) is 9.59 Å². The van der Waals surface area contributed by atoms with Gasteiger partial charge in [-0.2, -0.15) is 0 Å². The molecule has 0 saturated heterocycles. The van der Waals surface area contributed by atoms with Crippen molar-refractivity contribution in [2.45, 2.75) is 0 Å². The number of carbonyl (C=O) groups is 2. The Morgan fingerprint density at radius 2 is 1.69 bits per heavy atom. The monoisotopic (exact) mass is 175 g/mol. The number of nitrogens with one attached hydrogen (secondary N) is 1. The van der Waals surface area contributed by atoms with Gasteiger partial charge in [0.15, 0.2) is 0 Å². The van der Waals surface area contributed by atoms with Crippen molar-refractivity contribution in [2.75, 3.05) is 5.32 Å². The molecule has 2 rings (SSSR count). The first-order valence-electron chi connectivity index (χ1n) is 3.44. The van der Waals surface area contributed by atoms with Gasteiger partial charge < -0.3 is 5.32 Å². The van der Waals surface area contributed by atoms with Gasteiger partial charge in [-0.15, -0.1) is 0 Å². The van der Waals surface area contributed by atoms with E-state index in [1.807, 2.05) is 0 Å². The largest absolute Gasteiger partial charge is 0.318 e. The summed E-state index contributed by atoms with van der Waals surface area (Å²) in [7, 11) is 0. The third kappa shape index (κ3) is 1.37. The Labute approximate surface area is 73.8 Å². The van der Waals surface area contributed by atoms with Crippen LogP contribution >= 0.6 is 0 Å². The third-order valence-electron chi connectivity index (χ3n) is 1.63. The predicted octanol–water partition coefficient (Wildman–Crippen LogP) is 0.852. The molecule has 1 amide bonds. The van der Waals surface area contributed by atoms with Crippen molar-refractivity contribution in [3.63, 3.8) is 0 Å². The highest BCUT2D eigenvalue weighted by molar-refractivity contribution is 6.51. The Hall–Kier alpha value is -2.22. The molecular formula is C8H5N3O2. The number of para-hydroxylation sites is 1. The van der Waals surface area contributed by atoms with Gasteiger partial charge in [0.05, 0.1) is 11.3 Å². The van der Waals surface area contributed by atoms with Crippen molar-refractivity contribution in [2.24, 2.45) is 0 Å². The summed E-state index contributed by atoms with van der Waals surface area (Å²) in [4.78, 5) is 21.8. The number of hydrogen-bond donors (Lipinski definition) is 1. The fraction of sp³-hybridized carbons (Fsp3) is 0. The number of nitrogens with zero attached hydrogens (tertiary/aromatic N) is 2. The molecule has 1 aromatic rings. The van der Waals surface area contributed by atoms with E-state index < -0.39 is 11.7 Å². The summed E-state index contributed by atoms with van der Waals surface area (Å²) < 4.78 is 0. The Kier molecular flexibility index (Phi) is 2.36. The Bertz CT molecular complexity index is 384. The molecule has 1 aliphatic heterocycles. The van der Waals surface area contributed by atoms with Crippen LogP contribution < -0.4 is 5.32 Å². The van der Waals surface area contributed by atoms with E-state index in [9.17, 15) is 9.59 Å². The van der Waals surface area contributed by atoms with E-state index in [0.29, 0.717) is 11.3 Å². The fourth-order valence-corrected chi connectivity index (χ4v) is 1.09. The Balaban J connectivity index is 0.000000396. The van der Waals surface area contributed by atoms with E-state index in [1.54, 1.807) is 24.3 Å². The summed E-state index contributed by atoms with van der Waals surface area (Å²) >= 11 is 0. The summed E-state index contributed by atoms with van der Waals surface area (Å²) in [6.07, 6.45) is 0. The average molecular weight is 175 g/mol. The molecule has 1 aromatic carbocycles. The van der Waals surface area contributed by atoms with E-state index in [-0.39, 0.29) is 0 Å². The lowest BCUT2D eigenvalue weighted by molar-refractivity contribution is -0.112. The lowest BCUT2D eigenvalue weighted by Gasteiger charge is -1.91. The summed E-state index contributed by atoms with van der Waals surface area (Å²) in [5, 5.41) is 14.5. The molecule has 1 heterocycles. The molecule has 0 unspecified atom stereocenters. The van der Waals surface area contributed by atoms with Crippen LogP contribution in [0.5, 0.6) is 0 Å². The molecule has 13 heavy (non-hydrogen) atoms. The first kappa shape index (κ1) is 8.87. The standard InChI is InChI=1S/C8H5NO2.N2/c10-7-5-3-1-2-4-6(5)9-8(7)11;1-2/h1-4H,(H,9,10,11);. The highest BCUT2D eigenvalue weighted by Crippen LogP contribution is 2.21. The second-order valence-electron chi connectivity index (χ2n) is 2.33. The normalized spacial score (nSPS) is 12.5. The summed E-state index contributed by atoms with van der Waals surface area (Å²) in [5.41, 5.74) is 1.08. The Morgan fingerprint density at radius 1 is 1.08 bits per heavy atom. The molecule has 1 aliphatic rings. The molecule has 0 aliphatic carbocycles. The molecule has 0 spiro atoms. The predicted molar refractivity (Wildman–Crippen MR) is 42.9 cm³/mol. The van der Waals surface area contributed by atoms with Crippen LogP contribution in [0.25, 0.3) is 0 Å². The molecule has 5 heteroatoms. The maximum Gasteiger partial charge on any atom is 0.296 e. The molecule has 0 bridgehead atoms. The van der Waals surface area contributed by atoms with Gasteiger partial charge in [-0.05, 0) is 12.1 Å². The van der Waals surface area contributed by atoms with E-state index in [1.165, 1.54) is 0 Å². The topological polar surface area (TPSA) is 93.8 Å². The van der Waals surface area contributed by atoms with Crippen LogP contribution in [-0.2, 0) is 4.79 Å². The summed E-state index contributed by atoms with van der Waals surface area (Å²) in [6.45, 7) is 0. The molecule has 0 saturated carbocycles. The molecule has 0 aromatic heterocycles. The van der Waals surface area contributed by atoms with Crippen molar-refractivity contribution >= 4 is 17.4 Å². The number of ketones is 1. The number of rotatable bonds is 0.